The summed E-state index contributed by atoms with van der Waals surface area (Å²) in [7, 11) is -1.82. The van der Waals surface area contributed by atoms with Gasteiger partial charge in [-0.2, -0.15) is 0 Å². The maximum absolute atomic E-state index is 12.6. The summed E-state index contributed by atoms with van der Waals surface area (Å²) in [6.45, 7) is 15.2. The minimum absolute atomic E-state index is 0.152. The lowest BCUT2D eigenvalue weighted by atomic mass is 10.1. The molecule has 170 valence electrons. The van der Waals surface area contributed by atoms with Crippen molar-refractivity contribution >= 4 is 20.1 Å². The van der Waals surface area contributed by atoms with E-state index in [9.17, 15) is 9.59 Å². The van der Waals surface area contributed by atoms with Gasteiger partial charge < -0.3 is 4.43 Å². The van der Waals surface area contributed by atoms with Crippen molar-refractivity contribution in [2.45, 2.75) is 84.5 Å². The second kappa shape index (κ2) is 10.4. The number of carbonyl (C=O) groups excluding carboxylic acids is 2. The number of allylic oxidation sites excluding steroid dienone is 3. The van der Waals surface area contributed by atoms with Crippen LogP contribution in [0.4, 0.5) is 0 Å². The number of nitrogens with zero attached hydrogens (tertiary/aromatic N) is 1. The third-order valence-electron chi connectivity index (χ3n) is 5.97. The van der Waals surface area contributed by atoms with E-state index in [-0.39, 0.29) is 23.0 Å². The molecule has 5 nitrogen and oxygen atoms in total. The molecule has 0 saturated heterocycles. The first-order valence-corrected chi connectivity index (χ1v) is 14.0. The highest BCUT2D eigenvalue weighted by atomic mass is 28.4. The van der Waals surface area contributed by atoms with Crippen LogP contribution in [0.15, 0.2) is 48.3 Å². The zero-order chi connectivity index (χ0) is 23.2. The molecular formula is C25H37NO4Si. The molecule has 0 aromatic heterocycles. The average Bonchev–Trinajstić information content (AvgIpc) is 2.91. The topological polar surface area (TPSA) is 55.8 Å². The predicted octanol–water partition coefficient (Wildman–Crippen LogP) is 6.64. The Morgan fingerprint density at radius 2 is 1.58 bits per heavy atom. The first-order valence-electron chi connectivity index (χ1n) is 11.0. The lowest BCUT2D eigenvalue weighted by molar-refractivity contribution is -0.135. The fraction of sp³-hybridized carbons (Fsp3) is 0.520. The van der Waals surface area contributed by atoms with Crippen LogP contribution in [-0.2, 0) is 9.26 Å². The van der Waals surface area contributed by atoms with Crippen molar-refractivity contribution in [3.05, 3.63) is 59.4 Å². The summed E-state index contributed by atoms with van der Waals surface area (Å²) in [4.78, 5) is 31.2. The summed E-state index contributed by atoms with van der Waals surface area (Å²) >= 11 is 0. The molecule has 1 aromatic carbocycles. The van der Waals surface area contributed by atoms with E-state index in [4.69, 9.17) is 9.26 Å². The van der Waals surface area contributed by atoms with Gasteiger partial charge in [0.1, 0.15) is 0 Å². The molecule has 0 saturated carbocycles. The highest BCUT2D eigenvalue weighted by Gasteiger charge is 2.38. The number of hydrogen-bond donors (Lipinski definition) is 0. The van der Waals surface area contributed by atoms with E-state index < -0.39 is 8.32 Å². The summed E-state index contributed by atoms with van der Waals surface area (Å²) in [5, 5.41) is 1.09. The summed E-state index contributed by atoms with van der Waals surface area (Å²) in [5.41, 5.74) is 2.04. The van der Waals surface area contributed by atoms with Crippen molar-refractivity contribution < 1.29 is 18.9 Å². The Hall–Kier alpha value is -2.18. The highest BCUT2D eigenvalue weighted by Crippen LogP contribution is 2.36. The molecule has 1 aromatic rings. The van der Waals surface area contributed by atoms with Gasteiger partial charge >= 0.3 is 0 Å². The Kier molecular flexibility index (Phi) is 8.43. The summed E-state index contributed by atoms with van der Waals surface area (Å²) in [5.74, 6) is -0.769. The smallest absolute Gasteiger partial charge is 0.285 e. The summed E-state index contributed by atoms with van der Waals surface area (Å²) < 4.78 is 6.09. The minimum atomic E-state index is -1.82. The molecule has 0 spiro atoms. The number of hydrogen-bond acceptors (Lipinski definition) is 4. The molecule has 0 fully saturated rings. The quantitative estimate of drug-likeness (QED) is 0.176. The number of hydroxylamine groups is 2. The van der Waals surface area contributed by atoms with Crippen LogP contribution in [-0.4, -0.2) is 31.3 Å². The first kappa shape index (κ1) is 25.1. The van der Waals surface area contributed by atoms with Crippen molar-refractivity contribution in [2.24, 2.45) is 0 Å². The van der Waals surface area contributed by atoms with Gasteiger partial charge in [-0.05, 0) is 69.8 Å². The van der Waals surface area contributed by atoms with Gasteiger partial charge in [0.15, 0.2) is 0 Å². The Morgan fingerprint density at radius 3 is 2.10 bits per heavy atom. The monoisotopic (exact) mass is 443 g/mol. The van der Waals surface area contributed by atoms with E-state index in [0.717, 1.165) is 24.3 Å². The van der Waals surface area contributed by atoms with Gasteiger partial charge in [0.05, 0.1) is 23.5 Å². The van der Waals surface area contributed by atoms with E-state index in [1.54, 1.807) is 24.3 Å². The Labute approximate surface area is 188 Å². The van der Waals surface area contributed by atoms with Crippen molar-refractivity contribution in [3.8, 4) is 0 Å². The van der Waals surface area contributed by atoms with Crippen LogP contribution >= 0.6 is 0 Å². The largest absolute Gasteiger partial charge is 0.549 e. The third kappa shape index (κ3) is 6.65. The van der Waals surface area contributed by atoms with Crippen LogP contribution < -0.4 is 0 Å². The molecule has 31 heavy (non-hydrogen) atoms. The van der Waals surface area contributed by atoms with Gasteiger partial charge in [-0.3, -0.25) is 14.4 Å². The van der Waals surface area contributed by atoms with Gasteiger partial charge in [0, 0.05) is 0 Å². The maximum Gasteiger partial charge on any atom is 0.285 e. The SMILES string of the molecule is CC(C)=CCCC(CC/C=C\O[Si](C)(C)C(C)(C)C)ON1C(=O)c2ccccc2C1=O. The molecule has 2 amide bonds. The summed E-state index contributed by atoms with van der Waals surface area (Å²) in [6.07, 6.45) is 8.74. The molecule has 1 heterocycles. The predicted molar refractivity (Wildman–Crippen MR) is 127 cm³/mol. The third-order valence-corrected chi connectivity index (χ3v) is 10.3. The van der Waals surface area contributed by atoms with Crippen LogP contribution in [0.1, 0.15) is 81.0 Å². The molecule has 2 rings (SSSR count). The lowest BCUT2D eigenvalue weighted by Gasteiger charge is -2.35. The van der Waals surface area contributed by atoms with Crippen molar-refractivity contribution in [2.75, 3.05) is 0 Å². The fourth-order valence-electron chi connectivity index (χ4n) is 2.96. The Balaban J connectivity index is 2.00. The first-order chi connectivity index (χ1) is 14.4. The van der Waals surface area contributed by atoms with Gasteiger partial charge in [0.2, 0.25) is 8.32 Å². The number of benzene rings is 1. The number of rotatable bonds is 10. The fourth-order valence-corrected chi connectivity index (χ4v) is 3.75. The second-order valence-corrected chi connectivity index (χ2v) is 14.6. The molecular weight excluding hydrogens is 406 g/mol. The zero-order valence-electron chi connectivity index (χ0n) is 20.0. The van der Waals surface area contributed by atoms with Crippen LogP contribution in [0.3, 0.4) is 0 Å². The van der Waals surface area contributed by atoms with Crippen LogP contribution in [0.5, 0.6) is 0 Å². The van der Waals surface area contributed by atoms with Gasteiger partial charge in [0.25, 0.3) is 11.8 Å². The van der Waals surface area contributed by atoms with Gasteiger partial charge in [-0.1, -0.05) is 50.6 Å². The number of imide groups is 1. The van der Waals surface area contributed by atoms with Crippen LogP contribution in [0.2, 0.25) is 18.1 Å². The second-order valence-electron chi connectivity index (χ2n) is 9.86. The lowest BCUT2D eigenvalue weighted by Crippen LogP contribution is -2.39. The molecule has 1 aliphatic heterocycles. The number of carbonyl (C=O) groups is 2. The molecule has 0 bridgehead atoms. The molecule has 1 aliphatic rings. The van der Waals surface area contributed by atoms with Crippen molar-refractivity contribution in [3.63, 3.8) is 0 Å². The number of fused-ring (bicyclic) bond motifs is 1. The molecule has 0 radical (unpaired) electrons. The highest BCUT2D eigenvalue weighted by molar-refractivity contribution is 6.74. The molecule has 0 aliphatic carbocycles. The van der Waals surface area contributed by atoms with Crippen LogP contribution in [0, 0.1) is 0 Å². The Bertz CT molecular complexity index is 812. The van der Waals surface area contributed by atoms with E-state index in [2.05, 4.69) is 53.8 Å². The van der Waals surface area contributed by atoms with Crippen molar-refractivity contribution in [1.82, 2.24) is 5.06 Å². The normalized spacial score (nSPS) is 15.4. The molecule has 1 atom stereocenters. The standard InChI is InChI=1S/C25H37NO4Si/c1-19(2)13-12-15-20(14-10-11-18-29-31(6,7)25(3,4)5)30-26-23(27)21-16-8-9-17-22(21)24(26)28/h8-9,11,13,16-18,20H,10,12,14-15H2,1-7H3/b18-11-. The van der Waals surface area contributed by atoms with Gasteiger partial charge in [-0.25, -0.2) is 0 Å². The molecule has 1 unspecified atom stereocenters. The summed E-state index contributed by atoms with van der Waals surface area (Å²) in [6, 6.07) is 6.84. The minimum Gasteiger partial charge on any atom is -0.549 e. The molecule has 6 heteroatoms. The van der Waals surface area contributed by atoms with Crippen molar-refractivity contribution in [1.29, 1.82) is 0 Å². The Morgan fingerprint density at radius 1 is 1.03 bits per heavy atom. The average molecular weight is 444 g/mol. The molecule has 0 N–H and O–H groups in total. The van der Waals surface area contributed by atoms with E-state index in [1.165, 1.54) is 5.57 Å². The van der Waals surface area contributed by atoms with E-state index in [0.29, 0.717) is 17.5 Å². The van der Waals surface area contributed by atoms with Crippen LogP contribution in [0.25, 0.3) is 0 Å². The van der Waals surface area contributed by atoms with E-state index >= 15 is 0 Å². The zero-order valence-corrected chi connectivity index (χ0v) is 21.0. The van der Waals surface area contributed by atoms with E-state index in [1.807, 2.05) is 12.3 Å². The maximum atomic E-state index is 12.6. The van der Waals surface area contributed by atoms with Gasteiger partial charge in [-0.15, -0.1) is 5.06 Å². The number of amides is 2.